The lowest BCUT2D eigenvalue weighted by molar-refractivity contribution is 0.494. The number of benzene rings is 2. The molecule has 0 N–H and O–H groups in total. The molecule has 0 amide bonds. The Balaban J connectivity index is 2.13. The van der Waals surface area contributed by atoms with E-state index in [9.17, 15) is 0 Å². The maximum Gasteiger partial charge on any atom is 0.167 e. The summed E-state index contributed by atoms with van der Waals surface area (Å²) in [5.74, 6) is 1.81. The Bertz CT molecular complexity index is 1200. The molecule has 0 aliphatic carbocycles. The number of unbranched alkanes of at least 4 members (excludes halogenated alkanes) is 14. The van der Waals surface area contributed by atoms with Crippen molar-refractivity contribution in [1.82, 2.24) is 0 Å². The SMILES string of the molecule is CCCCCCCCCCC(=S)Oc1cc(C)c(Sc2cc(C(C)(C)C)c(OC(=S)CCCCCCCCCC)cc2C)cc1C(C)(C)C. The predicted molar refractivity (Wildman–Crippen MR) is 225 cm³/mol. The highest BCUT2D eigenvalue weighted by atomic mass is 32.2. The van der Waals surface area contributed by atoms with Crippen LogP contribution < -0.4 is 9.47 Å². The van der Waals surface area contributed by atoms with E-state index < -0.39 is 0 Å². The maximum absolute atomic E-state index is 6.41. The van der Waals surface area contributed by atoms with E-state index in [2.05, 4.69) is 93.5 Å². The van der Waals surface area contributed by atoms with Gasteiger partial charge >= 0.3 is 0 Å². The van der Waals surface area contributed by atoms with Crippen LogP contribution in [0.1, 0.15) is 193 Å². The molecule has 0 aromatic heterocycles. The lowest BCUT2D eigenvalue weighted by atomic mass is 9.85. The molecule has 49 heavy (non-hydrogen) atoms. The van der Waals surface area contributed by atoms with Crippen LogP contribution >= 0.6 is 36.2 Å². The average molecular weight is 727 g/mol. The third-order valence-corrected chi connectivity index (χ3v) is 11.2. The molecule has 2 nitrogen and oxygen atoms in total. The first-order valence-corrected chi connectivity index (χ1v) is 21.2. The minimum absolute atomic E-state index is 0.0828. The van der Waals surface area contributed by atoms with Gasteiger partial charge in [0.2, 0.25) is 0 Å². The minimum atomic E-state index is -0.0828. The number of rotatable bonds is 22. The van der Waals surface area contributed by atoms with Gasteiger partial charge in [0.05, 0.1) is 0 Å². The predicted octanol–water partition coefficient (Wildman–Crippen LogP) is 15.5. The minimum Gasteiger partial charge on any atom is -0.450 e. The summed E-state index contributed by atoms with van der Waals surface area (Å²) in [6.45, 7) is 22.4. The highest BCUT2D eigenvalue weighted by Gasteiger charge is 2.25. The zero-order valence-electron chi connectivity index (χ0n) is 33.1. The van der Waals surface area contributed by atoms with Crippen LogP contribution in [-0.2, 0) is 10.8 Å². The van der Waals surface area contributed by atoms with Gasteiger partial charge in [-0.2, -0.15) is 0 Å². The summed E-state index contributed by atoms with van der Waals surface area (Å²) in [5, 5.41) is 1.41. The average Bonchev–Trinajstić information content (AvgIpc) is 3.01. The summed E-state index contributed by atoms with van der Waals surface area (Å²) >= 11 is 13.3. The van der Waals surface area contributed by atoms with Crippen LogP contribution in [0.15, 0.2) is 34.1 Å². The molecule has 0 spiro atoms. The molecule has 0 saturated heterocycles. The summed E-state index contributed by atoms with van der Waals surface area (Å²) in [6, 6.07) is 9.05. The molecule has 0 saturated carbocycles. The first kappa shape index (κ1) is 43.7. The normalized spacial score (nSPS) is 12.0. The molecule has 0 aliphatic rings. The van der Waals surface area contributed by atoms with Gasteiger partial charge in [-0.1, -0.05) is 157 Å². The van der Waals surface area contributed by atoms with Crippen molar-refractivity contribution in [3.05, 3.63) is 46.5 Å². The zero-order chi connectivity index (χ0) is 36.5. The highest BCUT2D eigenvalue weighted by Crippen LogP contribution is 2.43. The third kappa shape index (κ3) is 16.6. The molecule has 0 fully saturated rings. The van der Waals surface area contributed by atoms with Gasteiger partial charge in [0, 0.05) is 33.8 Å². The smallest absolute Gasteiger partial charge is 0.167 e. The summed E-state index contributed by atoms with van der Waals surface area (Å²) in [4.78, 5) is 2.49. The van der Waals surface area contributed by atoms with Crippen molar-refractivity contribution in [2.24, 2.45) is 0 Å². The molecule has 0 atom stereocenters. The van der Waals surface area contributed by atoms with E-state index >= 15 is 0 Å². The van der Waals surface area contributed by atoms with Crippen molar-refractivity contribution in [2.75, 3.05) is 0 Å². The second-order valence-electron chi connectivity index (χ2n) is 16.2. The van der Waals surface area contributed by atoms with Crippen molar-refractivity contribution in [1.29, 1.82) is 0 Å². The van der Waals surface area contributed by atoms with E-state index in [1.807, 2.05) is 11.8 Å². The summed E-state index contributed by atoms with van der Waals surface area (Å²) in [5.41, 5.74) is 4.62. The van der Waals surface area contributed by atoms with Crippen LogP contribution in [-0.4, -0.2) is 10.1 Å². The van der Waals surface area contributed by atoms with Gasteiger partial charge in [0.15, 0.2) is 10.1 Å². The van der Waals surface area contributed by atoms with E-state index in [-0.39, 0.29) is 10.8 Å². The number of aryl methyl sites for hydroxylation is 2. The molecule has 2 rings (SSSR count). The van der Waals surface area contributed by atoms with E-state index in [1.54, 1.807) is 0 Å². The van der Waals surface area contributed by atoms with Crippen molar-refractivity contribution >= 4 is 46.3 Å². The fraction of sp³-hybridized carbons (Fsp3) is 0.682. The number of hydrogen-bond donors (Lipinski definition) is 0. The Kier molecular flexibility index (Phi) is 20.1. The van der Waals surface area contributed by atoms with Crippen molar-refractivity contribution < 1.29 is 9.47 Å². The molecular formula is C44H70O2S3. The Morgan fingerprint density at radius 1 is 0.510 bits per heavy atom. The zero-order valence-corrected chi connectivity index (χ0v) is 35.5. The van der Waals surface area contributed by atoms with Gasteiger partial charge in [-0.15, -0.1) is 0 Å². The van der Waals surface area contributed by atoms with Crippen LogP contribution in [0.4, 0.5) is 0 Å². The van der Waals surface area contributed by atoms with Gasteiger partial charge in [0.25, 0.3) is 0 Å². The molecule has 0 radical (unpaired) electrons. The first-order valence-electron chi connectivity index (χ1n) is 19.6. The molecule has 2 aromatic carbocycles. The fourth-order valence-corrected chi connectivity index (χ4v) is 7.65. The topological polar surface area (TPSA) is 18.5 Å². The molecule has 5 heteroatoms. The number of hydrogen-bond acceptors (Lipinski definition) is 5. The van der Waals surface area contributed by atoms with E-state index in [0.29, 0.717) is 10.1 Å². The molecule has 0 heterocycles. The Labute approximate surface area is 317 Å². The van der Waals surface area contributed by atoms with Crippen molar-refractivity contribution in [3.8, 4) is 11.5 Å². The van der Waals surface area contributed by atoms with Crippen molar-refractivity contribution in [3.63, 3.8) is 0 Å². The van der Waals surface area contributed by atoms with Gasteiger partial charge in [-0.3, -0.25) is 0 Å². The third-order valence-electron chi connectivity index (χ3n) is 9.31. The van der Waals surface area contributed by atoms with Crippen molar-refractivity contribution in [2.45, 2.75) is 205 Å². The van der Waals surface area contributed by atoms with Crippen LogP contribution in [0.25, 0.3) is 0 Å². The van der Waals surface area contributed by atoms with Crippen LogP contribution in [0.3, 0.4) is 0 Å². The Morgan fingerprint density at radius 2 is 0.816 bits per heavy atom. The molecule has 0 aliphatic heterocycles. The monoisotopic (exact) mass is 726 g/mol. The summed E-state index contributed by atoms with van der Waals surface area (Å²) in [7, 11) is 0. The summed E-state index contributed by atoms with van der Waals surface area (Å²) in [6.07, 6.45) is 22.4. The standard InChI is InChI=1S/C44H70O2S3/c1-11-13-15-17-19-21-23-25-27-41(47)45-37-29-33(3)39(31-35(37)43(5,6)7)49-40-32-36(44(8,9)10)38(30-34(40)4)46-42(48)28-26-24-22-20-18-16-14-12-2/h29-32H,11-28H2,1-10H3. The second-order valence-corrected chi connectivity index (χ2v) is 18.2. The van der Waals surface area contributed by atoms with Gasteiger partial charge in [-0.25, -0.2) is 0 Å². The fourth-order valence-electron chi connectivity index (χ4n) is 6.16. The van der Waals surface area contributed by atoms with Crippen LogP contribution in [0.2, 0.25) is 0 Å². The highest BCUT2D eigenvalue weighted by molar-refractivity contribution is 7.99. The summed E-state index contributed by atoms with van der Waals surface area (Å²) < 4.78 is 12.8. The lowest BCUT2D eigenvalue weighted by Crippen LogP contribution is -2.16. The largest absolute Gasteiger partial charge is 0.450 e. The quantitative estimate of drug-likeness (QED) is 0.0885. The van der Waals surface area contributed by atoms with Crippen LogP contribution in [0, 0.1) is 13.8 Å². The second kappa shape index (κ2) is 22.5. The molecule has 2 aromatic rings. The Hall–Kier alpha value is -1.43. The molecule has 276 valence electrons. The molecule has 0 bridgehead atoms. The van der Waals surface area contributed by atoms with Crippen LogP contribution in [0.5, 0.6) is 11.5 Å². The van der Waals surface area contributed by atoms with Gasteiger partial charge in [-0.05, 0) is 97.3 Å². The number of ether oxygens (including phenoxy) is 2. The van der Waals surface area contributed by atoms with E-state index in [4.69, 9.17) is 33.9 Å². The first-order chi connectivity index (χ1) is 23.2. The lowest BCUT2D eigenvalue weighted by Gasteiger charge is -2.26. The maximum atomic E-state index is 6.41. The molecular weight excluding hydrogens is 657 g/mol. The number of thiocarbonyl (C=S) groups is 2. The molecule has 0 unspecified atom stereocenters. The Morgan fingerprint density at radius 3 is 1.12 bits per heavy atom. The van der Waals surface area contributed by atoms with E-state index in [0.717, 1.165) is 37.2 Å². The van der Waals surface area contributed by atoms with Gasteiger partial charge < -0.3 is 9.47 Å². The van der Waals surface area contributed by atoms with Gasteiger partial charge in [0.1, 0.15) is 11.5 Å². The van der Waals surface area contributed by atoms with E-state index in [1.165, 1.54) is 122 Å².